The summed E-state index contributed by atoms with van der Waals surface area (Å²) >= 11 is 0. The van der Waals surface area contributed by atoms with Gasteiger partial charge in [0.15, 0.2) is 5.89 Å². The van der Waals surface area contributed by atoms with E-state index in [9.17, 15) is 8.42 Å². The van der Waals surface area contributed by atoms with Crippen molar-refractivity contribution < 1.29 is 12.8 Å². The molecule has 2 heterocycles. The SMILES string of the molecule is Cc1nc(CCNS(=O)(=O)c2c(C)n[nH]c2C)co1. The predicted molar refractivity (Wildman–Crippen MR) is 68.2 cm³/mol. The average molecular weight is 284 g/mol. The fraction of sp³-hybridized carbons (Fsp3) is 0.455. The molecule has 8 heteroatoms. The molecule has 0 unspecified atom stereocenters. The lowest BCUT2D eigenvalue weighted by molar-refractivity contribution is 0.520. The summed E-state index contributed by atoms with van der Waals surface area (Å²) in [5.74, 6) is 0.569. The van der Waals surface area contributed by atoms with Gasteiger partial charge in [-0.05, 0) is 13.8 Å². The number of hydrogen-bond acceptors (Lipinski definition) is 5. The van der Waals surface area contributed by atoms with Crippen molar-refractivity contribution in [3.05, 3.63) is 29.2 Å². The van der Waals surface area contributed by atoms with Crippen LogP contribution in [0.2, 0.25) is 0 Å². The second-order valence-electron chi connectivity index (χ2n) is 4.27. The van der Waals surface area contributed by atoms with Crippen LogP contribution in [0.4, 0.5) is 0 Å². The summed E-state index contributed by atoms with van der Waals surface area (Å²) in [5.41, 5.74) is 1.71. The summed E-state index contributed by atoms with van der Waals surface area (Å²) in [7, 11) is -3.54. The lowest BCUT2D eigenvalue weighted by Crippen LogP contribution is -2.27. The largest absolute Gasteiger partial charge is 0.449 e. The van der Waals surface area contributed by atoms with Crippen LogP contribution in [-0.2, 0) is 16.4 Å². The number of aromatic nitrogens is 3. The number of oxazole rings is 1. The highest BCUT2D eigenvalue weighted by atomic mass is 32.2. The first-order chi connectivity index (χ1) is 8.90. The molecule has 0 aromatic carbocycles. The molecule has 0 amide bonds. The third-order valence-corrected chi connectivity index (χ3v) is 4.39. The van der Waals surface area contributed by atoms with Crippen LogP contribution in [0.25, 0.3) is 0 Å². The molecule has 0 aliphatic heterocycles. The fourth-order valence-corrected chi connectivity index (χ4v) is 3.24. The van der Waals surface area contributed by atoms with Crippen molar-refractivity contribution in [2.24, 2.45) is 0 Å². The molecule has 7 nitrogen and oxygen atoms in total. The highest BCUT2D eigenvalue weighted by Gasteiger charge is 2.21. The molecule has 0 bridgehead atoms. The van der Waals surface area contributed by atoms with Crippen molar-refractivity contribution in [2.45, 2.75) is 32.1 Å². The van der Waals surface area contributed by atoms with E-state index in [2.05, 4.69) is 19.9 Å². The molecule has 0 atom stereocenters. The quantitative estimate of drug-likeness (QED) is 0.847. The predicted octanol–water partition coefficient (Wildman–Crippen LogP) is 0.844. The number of aromatic amines is 1. The molecule has 0 aliphatic carbocycles. The zero-order valence-electron chi connectivity index (χ0n) is 11.0. The normalized spacial score (nSPS) is 11.9. The molecule has 0 radical (unpaired) electrons. The highest BCUT2D eigenvalue weighted by molar-refractivity contribution is 7.89. The van der Waals surface area contributed by atoms with Crippen LogP contribution in [0.15, 0.2) is 15.6 Å². The molecule has 0 aliphatic rings. The lowest BCUT2D eigenvalue weighted by atomic mass is 10.3. The smallest absolute Gasteiger partial charge is 0.244 e. The van der Waals surface area contributed by atoms with Crippen molar-refractivity contribution in [1.82, 2.24) is 19.9 Å². The van der Waals surface area contributed by atoms with E-state index in [0.717, 1.165) is 5.69 Å². The van der Waals surface area contributed by atoms with Gasteiger partial charge in [0.1, 0.15) is 11.2 Å². The van der Waals surface area contributed by atoms with Crippen LogP contribution in [0.1, 0.15) is 23.0 Å². The van der Waals surface area contributed by atoms with Gasteiger partial charge in [0.2, 0.25) is 10.0 Å². The second kappa shape index (κ2) is 5.14. The first kappa shape index (κ1) is 13.8. The van der Waals surface area contributed by atoms with Gasteiger partial charge in [-0.15, -0.1) is 0 Å². The topological polar surface area (TPSA) is 101 Å². The maximum atomic E-state index is 12.1. The summed E-state index contributed by atoms with van der Waals surface area (Å²) in [6, 6.07) is 0. The van der Waals surface area contributed by atoms with Gasteiger partial charge in [0, 0.05) is 19.9 Å². The van der Waals surface area contributed by atoms with Crippen LogP contribution in [0, 0.1) is 20.8 Å². The second-order valence-corrected chi connectivity index (χ2v) is 5.97. The maximum absolute atomic E-state index is 12.1. The Morgan fingerprint density at radius 2 is 2.11 bits per heavy atom. The first-order valence-corrected chi connectivity index (χ1v) is 7.30. The van der Waals surface area contributed by atoms with Gasteiger partial charge < -0.3 is 4.42 Å². The van der Waals surface area contributed by atoms with E-state index in [1.165, 1.54) is 6.26 Å². The molecule has 104 valence electrons. The monoisotopic (exact) mass is 284 g/mol. The Kier molecular flexibility index (Phi) is 3.72. The summed E-state index contributed by atoms with van der Waals surface area (Å²) in [6.07, 6.45) is 2.00. The molecule has 0 saturated carbocycles. The molecule has 0 fully saturated rings. The van der Waals surface area contributed by atoms with Crippen molar-refractivity contribution in [2.75, 3.05) is 6.54 Å². The molecular weight excluding hydrogens is 268 g/mol. The molecule has 0 spiro atoms. The summed E-state index contributed by atoms with van der Waals surface area (Å²) in [6.45, 7) is 5.33. The third-order valence-electron chi connectivity index (χ3n) is 2.67. The molecule has 2 aromatic heterocycles. The van der Waals surface area contributed by atoms with Gasteiger partial charge in [0.25, 0.3) is 0 Å². The van der Waals surface area contributed by atoms with Crippen molar-refractivity contribution in [1.29, 1.82) is 0 Å². The first-order valence-electron chi connectivity index (χ1n) is 5.82. The Hall–Kier alpha value is -1.67. The Morgan fingerprint density at radius 3 is 2.63 bits per heavy atom. The molecule has 2 aromatic rings. The minimum Gasteiger partial charge on any atom is -0.449 e. The minimum absolute atomic E-state index is 0.212. The lowest BCUT2D eigenvalue weighted by Gasteiger charge is -2.05. The van der Waals surface area contributed by atoms with Crippen LogP contribution in [0.5, 0.6) is 0 Å². The number of nitrogens with zero attached hydrogens (tertiary/aromatic N) is 2. The minimum atomic E-state index is -3.54. The summed E-state index contributed by atoms with van der Waals surface area (Å²) < 4.78 is 31.8. The van der Waals surface area contributed by atoms with E-state index in [-0.39, 0.29) is 11.4 Å². The van der Waals surface area contributed by atoms with Gasteiger partial charge in [0.05, 0.1) is 17.1 Å². The Balaban J connectivity index is 2.03. The molecular formula is C11H16N4O3S. The summed E-state index contributed by atoms with van der Waals surface area (Å²) in [4.78, 5) is 4.32. The number of hydrogen-bond donors (Lipinski definition) is 2. The van der Waals surface area contributed by atoms with Gasteiger partial charge in [-0.2, -0.15) is 5.10 Å². The van der Waals surface area contributed by atoms with Crippen LogP contribution in [-0.4, -0.2) is 30.1 Å². The van der Waals surface area contributed by atoms with E-state index in [1.807, 2.05) is 0 Å². The van der Waals surface area contributed by atoms with E-state index in [0.29, 0.717) is 23.7 Å². The number of H-pyrrole nitrogens is 1. The van der Waals surface area contributed by atoms with Gasteiger partial charge in [-0.25, -0.2) is 18.1 Å². The van der Waals surface area contributed by atoms with E-state index in [1.54, 1.807) is 20.8 Å². The zero-order valence-corrected chi connectivity index (χ0v) is 11.8. The standard InChI is InChI=1S/C11H16N4O3S/c1-7-11(8(2)15-14-7)19(16,17)12-5-4-10-6-18-9(3)13-10/h6,12H,4-5H2,1-3H3,(H,14,15). The van der Waals surface area contributed by atoms with E-state index >= 15 is 0 Å². The van der Waals surface area contributed by atoms with Crippen LogP contribution in [0.3, 0.4) is 0 Å². The molecule has 2 rings (SSSR count). The number of sulfonamides is 1. The number of nitrogens with one attached hydrogen (secondary N) is 2. The van der Waals surface area contributed by atoms with Crippen LogP contribution >= 0.6 is 0 Å². The fourth-order valence-electron chi connectivity index (χ4n) is 1.85. The van der Waals surface area contributed by atoms with Crippen molar-refractivity contribution in [3.63, 3.8) is 0 Å². The van der Waals surface area contributed by atoms with Crippen molar-refractivity contribution >= 4 is 10.0 Å². The average Bonchev–Trinajstić information content (AvgIpc) is 2.86. The zero-order chi connectivity index (χ0) is 14.0. The van der Waals surface area contributed by atoms with Gasteiger partial charge in [-0.1, -0.05) is 0 Å². The van der Waals surface area contributed by atoms with Gasteiger partial charge >= 0.3 is 0 Å². The van der Waals surface area contributed by atoms with Crippen molar-refractivity contribution in [3.8, 4) is 0 Å². The van der Waals surface area contributed by atoms with Gasteiger partial charge in [-0.3, -0.25) is 5.10 Å². The third kappa shape index (κ3) is 3.02. The summed E-state index contributed by atoms with van der Waals surface area (Å²) in [5, 5.41) is 6.54. The maximum Gasteiger partial charge on any atom is 0.244 e. The Labute approximate surface area is 111 Å². The van der Waals surface area contributed by atoms with Crippen LogP contribution < -0.4 is 4.72 Å². The number of aryl methyl sites for hydroxylation is 3. The molecule has 19 heavy (non-hydrogen) atoms. The highest BCUT2D eigenvalue weighted by Crippen LogP contribution is 2.16. The Bertz CT molecular complexity index is 652. The number of rotatable bonds is 5. The van der Waals surface area contributed by atoms with E-state index < -0.39 is 10.0 Å². The molecule has 2 N–H and O–H groups in total. The Morgan fingerprint density at radius 1 is 1.37 bits per heavy atom. The molecule has 0 saturated heterocycles. The van der Waals surface area contributed by atoms with E-state index in [4.69, 9.17) is 4.42 Å².